The smallest absolute Gasteiger partial charge is 0.336 e. The number of dihydropyridines is 1. The Morgan fingerprint density at radius 1 is 0.972 bits per heavy atom. The molecule has 1 unspecified atom stereocenters. The standard InChI is InChI=1S/C27H29Cl2NO6/c1-16-22(26(32)34-3)24(20-6-4-7-21(28)25(20)29)23(17(2)30-16)27(33)36-15-5-14-35-19-10-8-18(9-11-19)12-13-31/h4,6-11,24,30-31H,5,12-15H2,1-3H3. The topological polar surface area (TPSA) is 94.1 Å². The second-order valence-electron chi connectivity index (χ2n) is 8.23. The van der Waals surface area contributed by atoms with E-state index in [1.165, 1.54) is 7.11 Å². The zero-order chi connectivity index (χ0) is 26.2. The summed E-state index contributed by atoms with van der Waals surface area (Å²) in [5, 5.41) is 12.6. The van der Waals surface area contributed by atoms with Crippen LogP contribution in [0.4, 0.5) is 0 Å². The van der Waals surface area contributed by atoms with Crippen molar-refractivity contribution < 1.29 is 28.9 Å². The van der Waals surface area contributed by atoms with Crippen LogP contribution in [-0.4, -0.2) is 44.0 Å². The van der Waals surface area contributed by atoms with Crippen LogP contribution in [0, 0.1) is 0 Å². The molecule has 2 aromatic rings. The molecule has 0 radical (unpaired) electrons. The van der Waals surface area contributed by atoms with Crippen LogP contribution in [0.25, 0.3) is 0 Å². The molecular formula is C27H29Cl2NO6. The first-order chi connectivity index (χ1) is 17.3. The minimum absolute atomic E-state index is 0.0951. The van der Waals surface area contributed by atoms with Crippen LogP contribution in [-0.2, 0) is 25.5 Å². The average Bonchev–Trinajstić information content (AvgIpc) is 2.85. The van der Waals surface area contributed by atoms with Gasteiger partial charge < -0.3 is 24.6 Å². The lowest BCUT2D eigenvalue weighted by molar-refractivity contribution is -0.139. The summed E-state index contributed by atoms with van der Waals surface area (Å²) < 4.78 is 16.3. The number of allylic oxidation sites excluding steroid dienone is 2. The Hall–Kier alpha value is -3.00. The fourth-order valence-electron chi connectivity index (χ4n) is 4.07. The molecule has 0 aromatic heterocycles. The summed E-state index contributed by atoms with van der Waals surface area (Å²) in [7, 11) is 1.28. The van der Waals surface area contributed by atoms with Crippen LogP contribution in [0.3, 0.4) is 0 Å². The summed E-state index contributed by atoms with van der Waals surface area (Å²) in [6.07, 6.45) is 1.05. The van der Waals surface area contributed by atoms with E-state index >= 15 is 0 Å². The number of ether oxygens (including phenoxy) is 3. The first-order valence-corrected chi connectivity index (χ1v) is 12.2. The number of aliphatic hydroxyl groups excluding tert-OH is 1. The third kappa shape index (κ3) is 6.40. The van der Waals surface area contributed by atoms with Gasteiger partial charge in [0.05, 0.1) is 47.4 Å². The molecule has 9 heteroatoms. The maximum atomic E-state index is 13.3. The van der Waals surface area contributed by atoms with Gasteiger partial charge in [0.1, 0.15) is 5.75 Å². The molecular weight excluding hydrogens is 505 g/mol. The van der Waals surface area contributed by atoms with Crippen molar-refractivity contribution in [1.82, 2.24) is 5.32 Å². The van der Waals surface area contributed by atoms with Gasteiger partial charge in [-0.3, -0.25) is 0 Å². The predicted octanol–water partition coefficient (Wildman–Crippen LogP) is 4.95. The van der Waals surface area contributed by atoms with Crippen LogP contribution in [0.15, 0.2) is 65.0 Å². The Balaban J connectivity index is 1.72. The van der Waals surface area contributed by atoms with Gasteiger partial charge in [0.15, 0.2) is 0 Å². The highest BCUT2D eigenvalue weighted by Crippen LogP contribution is 2.43. The zero-order valence-corrected chi connectivity index (χ0v) is 21.9. The second-order valence-corrected chi connectivity index (χ2v) is 9.01. The van der Waals surface area contributed by atoms with Crippen molar-refractivity contribution in [1.29, 1.82) is 0 Å². The molecule has 7 nitrogen and oxygen atoms in total. The summed E-state index contributed by atoms with van der Waals surface area (Å²) in [6.45, 7) is 4.03. The van der Waals surface area contributed by atoms with E-state index in [9.17, 15) is 9.59 Å². The number of benzene rings is 2. The Bertz CT molecular complexity index is 1170. The van der Waals surface area contributed by atoms with Gasteiger partial charge in [-0.1, -0.05) is 47.5 Å². The van der Waals surface area contributed by atoms with Crippen molar-refractivity contribution in [3.63, 3.8) is 0 Å². The summed E-state index contributed by atoms with van der Waals surface area (Å²) in [4.78, 5) is 26.0. The summed E-state index contributed by atoms with van der Waals surface area (Å²) in [5.74, 6) is -1.29. The van der Waals surface area contributed by atoms with E-state index in [1.807, 2.05) is 24.3 Å². The molecule has 0 saturated carbocycles. The molecule has 1 heterocycles. The number of methoxy groups -OCH3 is 1. The number of halogens is 2. The van der Waals surface area contributed by atoms with Gasteiger partial charge >= 0.3 is 11.9 Å². The summed E-state index contributed by atoms with van der Waals surface area (Å²) in [5.41, 5.74) is 3.14. The Kier molecular flexibility index (Phi) is 9.81. The molecule has 1 atom stereocenters. The Morgan fingerprint density at radius 2 is 1.64 bits per heavy atom. The molecule has 0 spiro atoms. The van der Waals surface area contributed by atoms with E-state index in [0.717, 1.165) is 5.56 Å². The highest BCUT2D eigenvalue weighted by atomic mass is 35.5. The quantitative estimate of drug-likeness (QED) is 0.329. The van der Waals surface area contributed by atoms with E-state index in [2.05, 4.69) is 5.32 Å². The van der Waals surface area contributed by atoms with Crippen molar-refractivity contribution in [2.75, 3.05) is 26.9 Å². The van der Waals surface area contributed by atoms with E-state index < -0.39 is 17.9 Å². The number of esters is 2. The fourth-order valence-corrected chi connectivity index (χ4v) is 4.49. The van der Waals surface area contributed by atoms with Crippen LogP contribution in [0.2, 0.25) is 10.0 Å². The predicted molar refractivity (Wildman–Crippen MR) is 138 cm³/mol. The normalized spacial score (nSPS) is 15.4. The second kappa shape index (κ2) is 12.8. The van der Waals surface area contributed by atoms with Gasteiger partial charge in [-0.25, -0.2) is 9.59 Å². The third-order valence-electron chi connectivity index (χ3n) is 5.79. The van der Waals surface area contributed by atoms with E-state index in [4.69, 9.17) is 42.5 Å². The van der Waals surface area contributed by atoms with E-state index in [-0.39, 0.29) is 29.4 Å². The molecule has 1 aliphatic rings. The van der Waals surface area contributed by atoms with E-state index in [1.54, 1.807) is 32.0 Å². The molecule has 0 amide bonds. The van der Waals surface area contributed by atoms with Gasteiger partial charge in [0.2, 0.25) is 0 Å². The summed E-state index contributed by atoms with van der Waals surface area (Å²) >= 11 is 12.8. The van der Waals surface area contributed by atoms with Gasteiger partial charge in [0.25, 0.3) is 0 Å². The largest absolute Gasteiger partial charge is 0.493 e. The molecule has 0 bridgehead atoms. The van der Waals surface area contributed by atoms with Gasteiger partial charge in [-0.05, 0) is 49.6 Å². The van der Waals surface area contributed by atoms with Crippen molar-refractivity contribution >= 4 is 35.1 Å². The van der Waals surface area contributed by atoms with Crippen molar-refractivity contribution in [3.8, 4) is 5.75 Å². The summed E-state index contributed by atoms with van der Waals surface area (Å²) in [6, 6.07) is 12.5. The fraction of sp³-hybridized carbons (Fsp3) is 0.333. The number of carbonyl (C=O) groups excluding carboxylic acids is 2. The van der Waals surface area contributed by atoms with Crippen LogP contribution in [0.1, 0.15) is 37.3 Å². The number of hydrogen-bond donors (Lipinski definition) is 2. The van der Waals surface area contributed by atoms with Crippen molar-refractivity contribution in [3.05, 3.63) is 86.2 Å². The van der Waals surface area contributed by atoms with Crippen molar-refractivity contribution in [2.24, 2.45) is 0 Å². The maximum absolute atomic E-state index is 13.3. The Labute approximate surface area is 220 Å². The highest BCUT2D eigenvalue weighted by molar-refractivity contribution is 6.42. The SMILES string of the molecule is COC(=O)C1=C(C)NC(C)=C(C(=O)OCCCOc2ccc(CCO)cc2)C1c1cccc(Cl)c1Cl. The van der Waals surface area contributed by atoms with Crippen molar-refractivity contribution in [2.45, 2.75) is 32.6 Å². The third-order valence-corrected chi connectivity index (χ3v) is 6.63. The number of rotatable bonds is 10. The molecule has 0 saturated heterocycles. The minimum atomic E-state index is -0.814. The Morgan fingerprint density at radius 3 is 2.28 bits per heavy atom. The number of carbonyl (C=O) groups is 2. The number of hydrogen-bond acceptors (Lipinski definition) is 7. The van der Waals surface area contributed by atoms with Gasteiger partial charge in [-0.15, -0.1) is 0 Å². The average molecular weight is 534 g/mol. The lowest BCUT2D eigenvalue weighted by Crippen LogP contribution is -2.32. The van der Waals surface area contributed by atoms with Gasteiger partial charge in [-0.2, -0.15) is 0 Å². The molecule has 0 fully saturated rings. The molecule has 3 rings (SSSR count). The first kappa shape index (κ1) is 27.6. The minimum Gasteiger partial charge on any atom is -0.493 e. The molecule has 2 N–H and O–H groups in total. The lowest BCUT2D eigenvalue weighted by atomic mass is 9.80. The molecule has 0 aliphatic carbocycles. The molecule has 36 heavy (non-hydrogen) atoms. The molecule has 2 aromatic carbocycles. The zero-order valence-electron chi connectivity index (χ0n) is 20.4. The van der Waals surface area contributed by atoms with Crippen LogP contribution < -0.4 is 10.1 Å². The lowest BCUT2D eigenvalue weighted by Gasteiger charge is -2.30. The molecule has 192 valence electrons. The van der Waals surface area contributed by atoms with Gasteiger partial charge in [0, 0.05) is 24.4 Å². The first-order valence-electron chi connectivity index (χ1n) is 11.5. The maximum Gasteiger partial charge on any atom is 0.336 e. The number of nitrogens with one attached hydrogen (secondary N) is 1. The number of aliphatic hydroxyl groups is 1. The van der Waals surface area contributed by atoms with Crippen LogP contribution >= 0.6 is 23.2 Å². The van der Waals surface area contributed by atoms with E-state index in [0.29, 0.717) is 47.2 Å². The molecule has 1 aliphatic heterocycles. The monoisotopic (exact) mass is 533 g/mol. The highest BCUT2D eigenvalue weighted by Gasteiger charge is 2.39. The van der Waals surface area contributed by atoms with Crippen LogP contribution in [0.5, 0.6) is 5.75 Å².